The molecule has 2 aromatic heterocycles. The third-order valence-electron chi connectivity index (χ3n) is 3.18. The maximum atomic E-state index is 10.8. The summed E-state index contributed by atoms with van der Waals surface area (Å²) in [7, 11) is 0. The molecule has 1 atom stereocenters. The number of hydrogen-bond donors (Lipinski definition) is 2. The van der Waals surface area contributed by atoms with Crippen molar-refractivity contribution < 1.29 is 14.3 Å². The Balaban J connectivity index is 1.77. The molecule has 0 bridgehead atoms. The van der Waals surface area contributed by atoms with Crippen LogP contribution >= 0.6 is 0 Å². The van der Waals surface area contributed by atoms with Crippen molar-refractivity contribution in [2.45, 2.75) is 12.5 Å². The van der Waals surface area contributed by atoms with Gasteiger partial charge >= 0.3 is 6.09 Å². The van der Waals surface area contributed by atoms with Crippen LogP contribution in [0.25, 0.3) is 11.0 Å². The van der Waals surface area contributed by atoms with Crippen LogP contribution in [-0.2, 0) is 0 Å². The van der Waals surface area contributed by atoms with Crippen molar-refractivity contribution in [3.63, 3.8) is 0 Å². The highest BCUT2D eigenvalue weighted by atomic mass is 16.4. The number of carbonyl (C=O) groups is 1. The number of carboxylic acid groups (broad SMARTS) is 1. The zero-order chi connectivity index (χ0) is 12.5. The minimum atomic E-state index is -0.867. The maximum Gasteiger partial charge on any atom is 0.407 e. The highest BCUT2D eigenvalue weighted by molar-refractivity contribution is 5.87. The van der Waals surface area contributed by atoms with Crippen molar-refractivity contribution in [2.75, 3.05) is 18.4 Å². The van der Waals surface area contributed by atoms with Gasteiger partial charge in [0.1, 0.15) is 0 Å². The average Bonchev–Trinajstić information content (AvgIpc) is 2.97. The first-order valence-corrected chi connectivity index (χ1v) is 5.79. The fourth-order valence-electron chi connectivity index (χ4n) is 2.27. The number of pyridine rings is 1. The molecule has 1 amide bonds. The van der Waals surface area contributed by atoms with E-state index < -0.39 is 6.09 Å². The molecule has 6 heteroatoms. The van der Waals surface area contributed by atoms with E-state index in [1.807, 2.05) is 6.07 Å². The molecular formula is C12H13N3O3. The molecule has 6 nitrogen and oxygen atoms in total. The Morgan fingerprint density at radius 3 is 3.22 bits per heavy atom. The predicted octanol–water partition coefficient (Wildman–Crippen LogP) is 1.99. The number of furan rings is 1. The molecular weight excluding hydrogens is 234 g/mol. The topological polar surface area (TPSA) is 78.6 Å². The predicted molar refractivity (Wildman–Crippen MR) is 65.6 cm³/mol. The van der Waals surface area contributed by atoms with Gasteiger partial charge in [0.15, 0.2) is 5.58 Å². The Kier molecular flexibility index (Phi) is 2.55. The molecule has 0 aliphatic carbocycles. The molecule has 0 aromatic carbocycles. The van der Waals surface area contributed by atoms with E-state index in [4.69, 9.17) is 9.52 Å². The van der Waals surface area contributed by atoms with Crippen molar-refractivity contribution in [3.8, 4) is 0 Å². The molecule has 1 saturated heterocycles. The molecule has 2 N–H and O–H groups in total. The highest BCUT2D eigenvalue weighted by Gasteiger charge is 2.26. The van der Waals surface area contributed by atoms with Crippen LogP contribution in [-0.4, -0.2) is 40.2 Å². The molecule has 3 rings (SSSR count). The van der Waals surface area contributed by atoms with E-state index in [0.717, 1.165) is 23.1 Å². The summed E-state index contributed by atoms with van der Waals surface area (Å²) in [6.07, 6.45) is 4.99. The Hall–Kier alpha value is -2.24. The summed E-state index contributed by atoms with van der Waals surface area (Å²) < 4.78 is 5.40. The monoisotopic (exact) mass is 247 g/mol. The van der Waals surface area contributed by atoms with Gasteiger partial charge in [-0.05, 0) is 12.5 Å². The summed E-state index contributed by atoms with van der Waals surface area (Å²) in [5.74, 6) is 0. The molecule has 1 fully saturated rings. The number of rotatable bonds is 2. The molecule has 1 aliphatic heterocycles. The number of fused-ring (bicyclic) bond motifs is 1. The molecule has 0 spiro atoms. The highest BCUT2D eigenvalue weighted by Crippen LogP contribution is 2.25. The lowest BCUT2D eigenvalue weighted by Gasteiger charge is -2.14. The molecule has 2 aromatic rings. The third-order valence-corrected chi connectivity index (χ3v) is 3.18. The summed E-state index contributed by atoms with van der Waals surface area (Å²) in [5.41, 5.74) is 1.58. The summed E-state index contributed by atoms with van der Waals surface area (Å²) in [4.78, 5) is 16.4. The van der Waals surface area contributed by atoms with Crippen molar-refractivity contribution in [1.82, 2.24) is 9.88 Å². The third kappa shape index (κ3) is 1.85. The summed E-state index contributed by atoms with van der Waals surface area (Å²) in [5, 5.41) is 13.1. The van der Waals surface area contributed by atoms with E-state index in [1.54, 1.807) is 18.7 Å². The molecule has 1 aliphatic rings. The molecule has 18 heavy (non-hydrogen) atoms. The SMILES string of the molecule is O=C(O)N1CC[C@H](Nc2cncc3ccoc23)C1. The van der Waals surface area contributed by atoms with Crippen molar-refractivity contribution in [1.29, 1.82) is 0 Å². The second-order valence-corrected chi connectivity index (χ2v) is 4.38. The normalized spacial score (nSPS) is 19.3. The number of nitrogens with zero attached hydrogens (tertiary/aromatic N) is 2. The van der Waals surface area contributed by atoms with Crippen molar-refractivity contribution in [2.24, 2.45) is 0 Å². The van der Waals surface area contributed by atoms with Crippen LogP contribution in [0.2, 0.25) is 0 Å². The number of amides is 1. The first-order valence-electron chi connectivity index (χ1n) is 5.79. The van der Waals surface area contributed by atoms with Crippen LogP contribution in [0.15, 0.2) is 29.1 Å². The average molecular weight is 247 g/mol. The number of aromatic nitrogens is 1. The zero-order valence-electron chi connectivity index (χ0n) is 9.67. The van der Waals surface area contributed by atoms with Gasteiger partial charge in [-0.3, -0.25) is 4.98 Å². The molecule has 94 valence electrons. The Morgan fingerprint density at radius 2 is 2.44 bits per heavy atom. The van der Waals surface area contributed by atoms with Gasteiger partial charge in [0.25, 0.3) is 0 Å². The minimum Gasteiger partial charge on any atom is -0.465 e. The first-order chi connectivity index (χ1) is 8.74. The summed E-state index contributed by atoms with van der Waals surface area (Å²) in [6.45, 7) is 1.06. The molecule has 3 heterocycles. The number of anilines is 1. The molecule has 0 radical (unpaired) electrons. The van der Waals surface area contributed by atoms with Gasteiger partial charge in [-0.2, -0.15) is 0 Å². The van der Waals surface area contributed by atoms with Crippen molar-refractivity contribution >= 4 is 22.7 Å². The van der Waals surface area contributed by atoms with Gasteiger partial charge in [-0.15, -0.1) is 0 Å². The van der Waals surface area contributed by atoms with E-state index in [1.165, 1.54) is 4.90 Å². The molecule has 0 unspecified atom stereocenters. The fraction of sp³-hybridized carbons (Fsp3) is 0.333. The summed E-state index contributed by atoms with van der Waals surface area (Å²) >= 11 is 0. The number of hydrogen-bond acceptors (Lipinski definition) is 4. The summed E-state index contributed by atoms with van der Waals surface area (Å²) in [6, 6.07) is 1.96. The van der Waals surface area contributed by atoms with Crippen LogP contribution in [0.3, 0.4) is 0 Å². The Morgan fingerprint density at radius 1 is 1.56 bits per heavy atom. The second-order valence-electron chi connectivity index (χ2n) is 4.38. The quantitative estimate of drug-likeness (QED) is 0.848. The van der Waals surface area contributed by atoms with Crippen molar-refractivity contribution in [3.05, 3.63) is 24.7 Å². The van der Waals surface area contributed by atoms with Gasteiger partial charge in [-0.25, -0.2) is 4.79 Å². The largest absolute Gasteiger partial charge is 0.465 e. The van der Waals surface area contributed by atoms with E-state index in [2.05, 4.69) is 10.3 Å². The van der Waals surface area contributed by atoms with Crippen LogP contribution in [0, 0.1) is 0 Å². The fourth-order valence-corrected chi connectivity index (χ4v) is 2.27. The molecule has 0 saturated carbocycles. The second kappa shape index (κ2) is 4.21. The number of likely N-dealkylation sites (tertiary alicyclic amines) is 1. The van der Waals surface area contributed by atoms with Gasteiger partial charge in [0, 0.05) is 30.7 Å². The van der Waals surface area contributed by atoms with Crippen LogP contribution in [0.5, 0.6) is 0 Å². The van der Waals surface area contributed by atoms with Gasteiger partial charge in [0.2, 0.25) is 0 Å². The lowest BCUT2D eigenvalue weighted by atomic mass is 10.2. The van der Waals surface area contributed by atoms with Crippen LogP contribution in [0.4, 0.5) is 10.5 Å². The maximum absolute atomic E-state index is 10.8. The standard InChI is InChI=1S/C12H13N3O3/c16-12(17)15-3-1-9(7-15)14-10-6-13-5-8-2-4-18-11(8)10/h2,4-6,9,14H,1,3,7H2,(H,16,17)/t9-/m0/s1. The zero-order valence-corrected chi connectivity index (χ0v) is 9.67. The lowest BCUT2D eigenvalue weighted by molar-refractivity contribution is 0.155. The van der Waals surface area contributed by atoms with Gasteiger partial charge in [0.05, 0.1) is 18.1 Å². The minimum absolute atomic E-state index is 0.110. The van der Waals surface area contributed by atoms with Crippen LogP contribution in [0.1, 0.15) is 6.42 Å². The smallest absolute Gasteiger partial charge is 0.407 e. The lowest BCUT2D eigenvalue weighted by Crippen LogP contribution is -2.30. The van der Waals surface area contributed by atoms with Crippen LogP contribution < -0.4 is 5.32 Å². The van der Waals surface area contributed by atoms with Gasteiger partial charge < -0.3 is 19.7 Å². The van der Waals surface area contributed by atoms with E-state index in [9.17, 15) is 4.79 Å². The van der Waals surface area contributed by atoms with Gasteiger partial charge in [-0.1, -0.05) is 0 Å². The number of nitrogens with one attached hydrogen (secondary N) is 1. The Labute approximate surface area is 103 Å². The van der Waals surface area contributed by atoms with E-state index in [0.29, 0.717) is 13.1 Å². The Bertz CT molecular complexity index is 581. The van der Waals surface area contributed by atoms with E-state index in [-0.39, 0.29) is 6.04 Å². The van der Waals surface area contributed by atoms with E-state index >= 15 is 0 Å². The first kappa shape index (κ1) is 10.9.